The van der Waals surface area contributed by atoms with Gasteiger partial charge in [0.1, 0.15) is 5.75 Å². The van der Waals surface area contributed by atoms with Crippen molar-refractivity contribution in [1.29, 1.82) is 0 Å². The first kappa shape index (κ1) is 15.9. The van der Waals surface area contributed by atoms with Crippen LogP contribution in [0.4, 0.5) is 4.39 Å². The van der Waals surface area contributed by atoms with Crippen molar-refractivity contribution in [3.8, 4) is 11.5 Å². The normalized spacial score (nSPS) is 12.2. The van der Waals surface area contributed by atoms with Crippen molar-refractivity contribution in [3.63, 3.8) is 0 Å². The zero-order chi connectivity index (χ0) is 15.2. The zero-order valence-electron chi connectivity index (χ0n) is 12.3. The number of ether oxygens (including phenoxy) is 1. The Labute approximate surface area is 129 Å². The maximum Gasteiger partial charge on any atom is 0.166 e. The molecule has 0 amide bonds. The molecule has 1 unspecified atom stereocenters. The Morgan fingerprint density at radius 1 is 1.19 bits per heavy atom. The fraction of sp³-hybridized carbons (Fsp3) is 0.294. The molecule has 2 aromatic carbocycles. The van der Waals surface area contributed by atoms with E-state index in [1.807, 2.05) is 43.5 Å². The van der Waals surface area contributed by atoms with Crippen LogP contribution in [0, 0.1) is 5.82 Å². The van der Waals surface area contributed by atoms with Crippen molar-refractivity contribution < 1.29 is 9.13 Å². The van der Waals surface area contributed by atoms with Crippen molar-refractivity contribution >= 4 is 11.8 Å². The van der Waals surface area contributed by atoms with E-state index in [4.69, 9.17) is 10.5 Å². The number of hydrogen-bond acceptors (Lipinski definition) is 3. The molecule has 112 valence electrons. The van der Waals surface area contributed by atoms with Crippen LogP contribution in [0.5, 0.6) is 11.5 Å². The van der Waals surface area contributed by atoms with Gasteiger partial charge in [0.05, 0.1) is 0 Å². The molecule has 0 aliphatic heterocycles. The molecule has 1 atom stereocenters. The van der Waals surface area contributed by atoms with Crippen LogP contribution in [0.15, 0.2) is 47.4 Å². The van der Waals surface area contributed by atoms with E-state index in [0.717, 1.165) is 16.9 Å². The van der Waals surface area contributed by atoms with E-state index in [1.54, 1.807) is 17.8 Å². The Hall–Kier alpha value is -1.52. The van der Waals surface area contributed by atoms with Crippen LogP contribution in [-0.2, 0) is 6.42 Å². The summed E-state index contributed by atoms with van der Waals surface area (Å²) in [5.74, 6) is 0.548. The van der Waals surface area contributed by atoms with Crippen molar-refractivity contribution in [1.82, 2.24) is 0 Å². The van der Waals surface area contributed by atoms with Gasteiger partial charge in [0.25, 0.3) is 0 Å². The van der Waals surface area contributed by atoms with Gasteiger partial charge in [-0.1, -0.05) is 19.1 Å². The lowest BCUT2D eigenvalue weighted by Gasteiger charge is -2.15. The highest BCUT2D eigenvalue weighted by atomic mass is 32.2. The predicted molar refractivity (Wildman–Crippen MR) is 86.7 cm³/mol. The molecule has 0 heterocycles. The highest BCUT2D eigenvalue weighted by Gasteiger charge is 2.13. The number of hydrogen-bond donors (Lipinski definition) is 1. The molecular formula is C17H20FNOS. The van der Waals surface area contributed by atoms with Gasteiger partial charge in [-0.2, -0.15) is 0 Å². The lowest BCUT2D eigenvalue weighted by atomic mass is 10.0. The molecule has 4 heteroatoms. The highest BCUT2D eigenvalue weighted by Crippen LogP contribution is 2.30. The Morgan fingerprint density at radius 2 is 1.90 bits per heavy atom. The first-order valence-corrected chi connectivity index (χ1v) is 8.21. The number of halogens is 1. The minimum Gasteiger partial charge on any atom is -0.454 e. The van der Waals surface area contributed by atoms with Crippen LogP contribution in [0.3, 0.4) is 0 Å². The van der Waals surface area contributed by atoms with Gasteiger partial charge < -0.3 is 10.5 Å². The maximum atomic E-state index is 14.1. The zero-order valence-corrected chi connectivity index (χ0v) is 13.1. The van der Waals surface area contributed by atoms with Crippen LogP contribution in [0.25, 0.3) is 0 Å². The molecule has 0 radical (unpaired) electrons. The Kier molecular flexibility index (Phi) is 5.65. The van der Waals surface area contributed by atoms with Crippen molar-refractivity contribution in [2.75, 3.05) is 6.26 Å². The van der Waals surface area contributed by atoms with E-state index < -0.39 is 0 Å². The maximum absolute atomic E-state index is 14.1. The Bertz CT molecular complexity index is 586. The third kappa shape index (κ3) is 4.22. The summed E-state index contributed by atoms with van der Waals surface area (Å²) in [5, 5.41) is 0. The standard InChI is InChI=1S/C17H20FNOS/c1-3-13(19)11-12-5-4-6-16(18)17(12)20-14-7-9-15(21-2)10-8-14/h4-10,13H,3,11,19H2,1-2H3. The molecule has 2 aromatic rings. The summed E-state index contributed by atoms with van der Waals surface area (Å²) in [5.41, 5.74) is 6.78. The van der Waals surface area contributed by atoms with Gasteiger partial charge in [0.15, 0.2) is 11.6 Å². The van der Waals surface area contributed by atoms with Gasteiger partial charge in [-0.15, -0.1) is 11.8 Å². The molecule has 2 rings (SSSR count). The van der Waals surface area contributed by atoms with Crippen LogP contribution in [-0.4, -0.2) is 12.3 Å². The average Bonchev–Trinajstić information content (AvgIpc) is 2.51. The summed E-state index contributed by atoms with van der Waals surface area (Å²) >= 11 is 1.66. The lowest BCUT2D eigenvalue weighted by Crippen LogP contribution is -2.21. The number of benzene rings is 2. The Morgan fingerprint density at radius 3 is 2.52 bits per heavy atom. The first-order valence-electron chi connectivity index (χ1n) is 6.99. The monoisotopic (exact) mass is 305 g/mol. The molecule has 0 spiro atoms. The number of rotatable bonds is 6. The van der Waals surface area contributed by atoms with E-state index in [2.05, 4.69) is 0 Å². The molecular weight excluding hydrogens is 285 g/mol. The second-order valence-corrected chi connectivity index (χ2v) is 5.76. The van der Waals surface area contributed by atoms with E-state index in [1.165, 1.54) is 6.07 Å². The summed E-state index contributed by atoms with van der Waals surface area (Å²) in [6.45, 7) is 2.02. The molecule has 0 fully saturated rings. The summed E-state index contributed by atoms with van der Waals surface area (Å²) in [6.07, 6.45) is 3.46. The van der Waals surface area contributed by atoms with Gasteiger partial charge in [0.2, 0.25) is 0 Å². The molecule has 0 aliphatic rings. The minimum absolute atomic E-state index is 0.00742. The van der Waals surface area contributed by atoms with Crippen molar-refractivity contribution in [2.45, 2.75) is 30.7 Å². The lowest BCUT2D eigenvalue weighted by molar-refractivity contribution is 0.433. The van der Waals surface area contributed by atoms with Crippen LogP contribution >= 0.6 is 11.8 Å². The van der Waals surface area contributed by atoms with Crippen LogP contribution < -0.4 is 10.5 Å². The first-order chi connectivity index (χ1) is 10.1. The molecule has 0 aliphatic carbocycles. The van der Waals surface area contributed by atoms with Gasteiger partial charge >= 0.3 is 0 Å². The molecule has 0 saturated carbocycles. The van der Waals surface area contributed by atoms with Gasteiger partial charge in [-0.3, -0.25) is 0 Å². The molecule has 2 N–H and O–H groups in total. The summed E-state index contributed by atoms with van der Waals surface area (Å²) in [4.78, 5) is 1.14. The van der Waals surface area contributed by atoms with Gasteiger partial charge in [0, 0.05) is 10.9 Å². The van der Waals surface area contributed by atoms with Crippen LogP contribution in [0.1, 0.15) is 18.9 Å². The van der Waals surface area contributed by atoms with Crippen molar-refractivity contribution in [2.24, 2.45) is 5.73 Å². The average molecular weight is 305 g/mol. The highest BCUT2D eigenvalue weighted by molar-refractivity contribution is 7.98. The SMILES string of the molecule is CCC(N)Cc1cccc(F)c1Oc1ccc(SC)cc1. The Balaban J connectivity index is 2.24. The second kappa shape index (κ2) is 7.48. The van der Waals surface area contributed by atoms with E-state index in [0.29, 0.717) is 12.2 Å². The van der Waals surface area contributed by atoms with Crippen LogP contribution in [0.2, 0.25) is 0 Å². The van der Waals surface area contributed by atoms with Gasteiger partial charge in [-0.05, 0) is 55.0 Å². The molecule has 0 bridgehead atoms. The number of para-hydroxylation sites is 1. The minimum atomic E-state index is -0.357. The smallest absolute Gasteiger partial charge is 0.166 e. The fourth-order valence-corrected chi connectivity index (χ4v) is 2.43. The molecule has 0 saturated heterocycles. The van der Waals surface area contributed by atoms with E-state index >= 15 is 0 Å². The summed E-state index contributed by atoms with van der Waals surface area (Å²) in [6, 6.07) is 12.6. The molecule has 2 nitrogen and oxygen atoms in total. The van der Waals surface area contributed by atoms with E-state index in [9.17, 15) is 4.39 Å². The number of nitrogens with two attached hydrogens (primary N) is 1. The van der Waals surface area contributed by atoms with E-state index in [-0.39, 0.29) is 17.6 Å². The third-order valence-electron chi connectivity index (χ3n) is 3.33. The number of thioether (sulfide) groups is 1. The summed E-state index contributed by atoms with van der Waals surface area (Å²) in [7, 11) is 0. The molecule has 0 aromatic heterocycles. The predicted octanol–water partition coefficient (Wildman–Crippen LogP) is 4.62. The topological polar surface area (TPSA) is 35.2 Å². The molecule has 21 heavy (non-hydrogen) atoms. The summed E-state index contributed by atoms with van der Waals surface area (Å²) < 4.78 is 19.8. The third-order valence-corrected chi connectivity index (χ3v) is 4.08. The fourth-order valence-electron chi connectivity index (χ4n) is 2.02. The van der Waals surface area contributed by atoms with Crippen molar-refractivity contribution in [3.05, 3.63) is 53.8 Å². The largest absolute Gasteiger partial charge is 0.454 e. The second-order valence-electron chi connectivity index (χ2n) is 4.88. The van der Waals surface area contributed by atoms with Gasteiger partial charge in [-0.25, -0.2) is 4.39 Å². The quantitative estimate of drug-likeness (QED) is 0.791.